The molecule has 0 unspecified atom stereocenters. The lowest BCUT2D eigenvalue weighted by Crippen LogP contribution is -2.61. The third-order valence-corrected chi connectivity index (χ3v) is 8.69. The molecule has 5 rings (SSSR count). The first-order valence-electron chi connectivity index (χ1n) is 15.5. The highest BCUT2D eigenvalue weighted by atomic mass is 16.3. The highest BCUT2D eigenvalue weighted by Gasteiger charge is 2.38. The molecule has 2 heterocycles. The van der Waals surface area contributed by atoms with E-state index in [0.29, 0.717) is 44.9 Å². The third kappa shape index (κ3) is 8.16. The van der Waals surface area contributed by atoms with E-state index in [2.05, 4.69) is 25.4 Å². The van der Waals surface area contributed by atoms with Crippen molar-refractivity contribution >= 4 is 11.8 Å². The molecule has 42 heavy (non-hydrogen) atoms. The number of pyridine rings is 1. The van der Waals surface area contributed by atoms with Gasteiger partial charge in [0.05, 0.1) is 18.2 Å². The molecule has 2 aromatic rings. The number of nitrogens with one attached hydrogen (secondary N) is 2. The van der Waals surface area contributed by atoms with E-state index < -0.39 is 24.3 Å². The van der Waals surface area contributed by atoms with Crippen LogP contribution in [0.1, 0.15) is 69.2 Å². The van der Waals surface area contributed by atoms with Crippen LogP contribution < -0.4 is 10.6 Å². The molecule has 2 aliphatic carbocycles. The summed E-state index contributed by atoms with van der Waals surface area (Å²) < 4.78 is 0. The molecule has 5 atom stereocenters. The van der Waals surface area contributed by atoms with Crippen LogP contribution in [0.5, 0.6) is 0 Å². The Morgan fingerprint density at radius 1 is 1.12 bits per heavy atom. The van der Waals surface area contributed by atoms with Crippen molar-refractivity contribution in [1.82, 2.24) is 25.4 Å². The number of aromatic nitrogens is 1. The molecule has 0 bridgehead atoms. The van der Waals surface area contributed by atoms with E-state index in [-0.39, 0.29) is 23.3 Å². The van der Waals surface area contributed by atoms with Gasteiger partial charge < -0.3 is 20.8 Å². The number of carbonyl (C=O) groups is 2. The van der Waals surface area contributed by atoms with Crippen molar-refractivity contribution in [2.24, 2.45) is 11.8 Å². The maximum absolute atomic E-state index is 13.6. The van der Waals surface area contributed by atoms with E-state index in [1.54, 1.807) is 6.20 Å². The summed E-state index contributed by atoms with van der Waals surface area (Å²) in [6, 6.07) is 11.0. The van der Waals surface area contributed by atoms with Crippen LogP contribution in [0.3, 0.4) is 0 Å². The molecule has 9 heteroatoms. The number of benzene rings is 1. The smallest absolute Gasteiger partial charge is 0.239 e. The van der Waals surface area contributed by atoms with E-state index >= 15 is 0 Å². The van der Waals surface area contributed by atoms with E-state index in [4.69, 9.17) is 0 Å². The molecule has 1 aliphatic heterocycles. The van der Waals surface area contributed by atoms with Gasteiger partial charge in [-0.2, -0.15) is 0 Å². The minimum atomic E-state index is -0.755. The van der Waals surface area contributed by atoms with Gasteiger partial charge in [0, 0.05) is 63.0 Å². The first kappa shape index (κ1) is 30.6. The Kier molecular flexibility index (Phi) is 9.62. The first-order valence-corrected chi connectivity index (χ1v) is 15.5. The predicted octanol–water partition coefficient (Wildman–Crippen LogP) is 2.42. The van der Waals surface area contributed by atoms with Crippen LogP contribution in [-0.2, 0) is 22.6 Å². The Morgan fingerprint density at radius 3 is 2.62 bits per heavy atom. The monoisotopic (exact) mass is 577 g/mol. The van der Waals surface area contributed by atoms with Gasteiger partial charge in [-0.3, -0.25) is 24.4 Å². The summed E-state index contributed by atoms with van der Waals surface area (Å²) in [5.41, 5.74) is 2.77. The minimum absolute atomic E-state index is 0.0493. The van der Waals surface area contributed by atoms with Crippen LogP contribution >= 0.6 is 0 Å². The molecule has 228 valence electrons. The number of piperazine rings is 1. The van der Waals surface area contributed by atoms with Gasteiger partial charge >= 0.3 is 0 Å². The topological polar surface area (TPSA) is 118 Å². The van der Waals surface area contributed by atoms with Crippen molar-refractivity contribution in [2.45, 2.75) is 89.3 Å². The number of rotatable bonds is 11. The van der Waals surface area contributed by atoms with Gasteiger partial charge in [-0.15, -0.1) is 0 Å². The second-order valence-corrected chi connectivity index (χ2v) is 13.6. The molecular weight excluding hydrogens is 530 g/mol. The number of hydrogen-bond acceptors (Lipinski definition) is 7. The van der Waals surface area contributed by atoms with Crippen LogP contribution in [-0.4, -0.2) is 86.8 Å². The number of fused-ring (bicyclic) bond motifs is 1. The van der Waals surface area contributed by atoms with Gasteiger partial charge in [0.2, 0.25) is 11.8 Å². The van der Waals surface area contributed by atoms with E-state index in [1.165, 1.54) is 0 Å². The van der Waals surface area contributed by atoms with Gasteiger partial charge in [0.15, 0.2) is 0 Å². The van der Waals surface area contributed by atoms with Crippen molar-refractivity contribution < 1.29 is 19.8 Å². The van der Waals surface area contributed by atoms with Crippen molar-refractivity contribution in [1.29, 1.82) is 0 Å². The minimum Gasteiger partial charge on any atom is -0.392 e. The second kappa shape index (κ2) is 13.2. The average Bonchev–Trinajstić information content (AvgIpc) is 3.70. The Bertz CT molecular complexity index is 1210. The highest BCUT2D eigenvalue weighted by Crippen LogP contribution is 2.38. The fourth-order valence-corrected chi connectivity index (χ4v) is 6.45. The molecule has 0 radical (unpaired) electrons. The molecule has 1 aromatic heterocycles. The summed E-state index contributed by atoms with van der Waals surface area (Å²) in [6.07, 6.45) is 6.03. The Balaban J connectivity index is 1.23. The van der Waals surface area contributed by atoms with E-state index in [9.17, 15) is 19.8 Å². The zero-order valence-electron chi connectivity index (χ0n) is 25.2. The summed E-state index contributed by atoms with van der Waals surface area (Å²) >= 11 is 0. The van der Waals surface area contributed by atoms with Gasteiger partial charge in [-0.05, 0) is 62.3 Å². The Morgan fingerprint density at radius 2 is 1.90 bits per heavy atom. The summed E-state index contributed by atoms with van der Waals surface area (Å²) in [5, 5.41) is 28.3. The van der Waals surface area contributed by atoms with Crippen LogP contribution in [0.25, 0.3) is 0 Å². The van der Waals surface area contributed by atoms with Crippen LogP contribution in [0.15, 0.2) is 48.8 Å². The number of amides is 2. The van der Waals surface area contributed by atoms with Crippen LogP contribution in [0.4, 0.5) is 0 Å². The summed E-state index contributed by atoms with van der Waals surface area (Å²) in [5.74, 6) is 0.00743. The lowest BCUT2D eigenvalue weighted by Gasteiger charge is -2.42. The number of nitrogens with zero attached hydrogens (tertiary/aromatic N) is 3. The van der Waals surface area contributed by atoms with Gasteiger partial charge in [-0.1, -0.05) is 43.2 Å². The van der Waals surface area contributed by atoms with Crippen LogP contribution in [0, 0.1) is 11.8 Å². The van der Waals surface area contributed by atoms with Crippen molar-refractivity contribution in [2.75, 3.05) is 26.2 Å². The Hall–Kier alpha value is -2.85. The molecule has 1 aromatic carbocycles. The third-order valence-electron chi connectivity index (χ3n) is 8.69. The van der Waals surface area contributed by atoms with E-state index in [0.717, 1.165) is 42.5 Å². The normalized spacial score (nSPS) is 24.5. The lowest BCUT2D eigenvalue weighted by molar-refractivity contribution is -0.132. The number of aliphatic hydroxyl groups excluding tert-OH is 2. The fourth-order valence-electron chi connectivity index (χ4n) is 6.45. The maximum Gasteiger partial charge on any atom is 0.239 e. The average molecular weight is 578 g/mol. The maximum atomic E-state index is 13.6. The van der Waals surface area contributed by atoms with Crippen molar-refractivity contribution in [3.05, 3.63) is 65.5 Å². The quantitative estimate of drug-likeness (QED) is 0.324. The SMILES string of the molecule is CC(C)(C)NC(=O)[C@@H]1CN(Cc2cccnc2)CCN1C[C@@H](O)C[C@@H](CC1CC1)C(=O)N[C@H]1c2ccccc2C[C@H]1O. The fraction of sp³-hybridized carbons (Fsp3) is 0.606. The first-order chi connectivity index (χ1) is 20.1. The molecule has 4 N–H and O–H groups in total. The summed E-state index contributed by atoms with van der Waals surface area (Å²) in [7, 11) is 0. The van der Waals surface area contributed by atoms with Crippen molar-refractivity contribution in [3.8, 4) is 0 Å². The molecule has 2 amide bonds. The number of hydrogen-bond donors (Lipinski definition) is 4. The highest BCUT2D eigenvalue weighted by molar-refractivity contribution is 5.83. The molecule has 3 aliphatic rings. The number of carbonyl (C=O) groups excluding carboxylic acids is 2. The Labute approximate surface area is 249 Å². The van der Waals surface area contributed by atoms with Crippen LogP contribution in [0.2, 0.25) is 0 Å². The second-order valence-electron chi connectivity index (χ2n) is 13.6. The number of β-amino-alcohol motifs (C(OH)–C–C–N with tert-alkyl or cyclic N) is 1. The predicted molar refractivity (Wildman–Crippen MR) is 161 cm³/mol. The largest absolute Gasteiger partial charge is 0.392 e. The molecule has 2 fully saturated rings. The number of aliphatic hydroxyl groups is 2. The van der Waals surface area contributed by atoms with E-state index in [1.807, 2.05) is 63.4 Å². The zero-order valence-corrected chi connectivity index (χ0v) is 25.2. The molecule has 1 saturated heterocycles. The van der Waals surface area contributed by atoms with Gasteiger partial charge in [-0.25, -0.2) is 0 Å². The van der Waals surface area contributed by atoms with Crippen molar-refractivity contribution in [3.63, 3.8) is 0 Å². The van der Waals surface area contributed by atoms with Gasteiger partial charge in [0.25, 0.3) is 0 Å². The molecule has 9 nitrogen and oxygen atoms in total. The molecule has 1 saturated carbocycles. The zero-order chi connectivity index (χ0) is 29.9. The molecule has 0 spiro atoms. The summed E-state index contributed by atoms with van der Waals surface area (Å²) in [6.45, 7) is 8.92. The van der Waals surface area contributed by atoms with Gasteiger partial charge in [0.1, 0.15) is 6.04 Å². The molecular formula is C33H47N5O4. The summed E-state index contributed by atoms with van der Waals surface area (Å²) in [4.78, 5) is 35.6. The standard InChI is InChI=1S/C33H47N5O4/c1-33(2,3)36-32(42)28-21-37(19-23-7-6-12-34-18-23)13-14-38(28)20-26(39)16-25(15-22-10-11-22)31(41)35-30-27-9-5-4-8-24(27)17-29(30)40/h4-9,12,18,22,25-26,28-30,39-40H,10-11,13-17,19-21H2,1-3H3,(H,35,41)(H,36,42)/t25-,26+,28+,29-,30+/m1/s1. The lowest BCUT2D eigenvalue weighted by atomic mass is 9.93.